The number of ether oxygens (including phenoxy) is 1. The fraction of sp³-hybridized carbons (Fsp3) is 0.333. The molecule has 4 heteroatoms. The summed E-state index contributed by atoms with van der Waals surface area (Å²) in [5.74, 6) is 0.513. The standard InChI is InChI=1S/C12H14N2O2/c1-10-4-6-11(7-5-10)16-12(15)14(2)9-3-8-13/h4-7H,3,9H2,1-2H3. The van der Waals surface area contributed by atoms with Crippen molar-refractivity contribution in [1.82, 2.24) is 4.90 Å². The second kappa shape index (κ2) is 5.76. The van der Waals surface area contributed by atoms with Crippen LogP contribution in [0.2, 0.25) is 0 Å². The molecule has 0 saturated carbocycles. The van der Waals surface area contributed by atoms with E-state index in [0.29, 0.717) is 18.7 Å². The van der Waals surface area contributed by atoms with E-state index in [1.165, 1.54) is 4.90 Å². The van der Waals surface area contributed by atoms with Crippen molar-refractivity contribution in [3.8, 4) is 11.8 Å². The lowest BCUT2D eigenvalue weighted by Gasteiger charge is -2.14. The molecule has 0 unspecified atom stereocenters. The molecule has 1 rings (SSSR count). The van der Waals surface area contributed by atoms with E-state index in [4.69, 9.17) is 10.00 Å². The largest absolute Gasteiger partial charge is 0.414 e. The van der Waals surface area contributed by atoms with Gasteiger partial charge < -0.3 is 9.64 Å². The molecule has 0 aliphatic rings. The van der Waals surface area contributed by atoms with Crippen molar-refractivity contribution in [1.29, 1.82) is 5.26 Å². The minimum absolute atomic E-state index is 0.305. The van der Waals surface area contributed by atoms with Crippen LogP contribution in [0.3, 0.4) is 0 Å². The first kappa shape index (κ1) is 12.1. The Morgan fingerprint density at radius 1 is 1.44 bits per heavy atom. The quantitative estimate of drug-likeness (QED) is 0.782. The van der Waals surface area contributed by atoms with Crippen LogP contribution in [0, 0.1) is 18.3 Å². The van der Waals surface area contributed by atoms with Crippen LogP contribution in [0.1, 0.15) is 12.0 Å². The summed E-state index contributed by atoms with van der Waals surface area (Å²) in [6.07, 6.45) is -0.140. The van der Waals surface area contributed by atoms with Gasteiger partial charge in [-0.15, -0.1) is 0 Å². The molecule has 0 atom stereocenters. The van der Waals surface area contributed by atoms with Crippen molar-refractivity contribution in [2.45, 2.75) is 13.3 Å². The number of amides is 1. The molecule has 1 aromatic carbocycles. The highest BCUT2D eigenvalue weighted by Crippen LogP contribution is 2.12. The van der Waals surface area contributed by atoms with E-state index in [1.54, 1.807) is 19.2 Å². The Morgan fingerprint density at radius 3 is 2.62 bits per heavy atom. The monoisotopic (exact) mass is 218 g/mol. The summed E-state index contributed by atoms with van der Waals surface area (Å²) in [7, 11) is 1.61. The first-order valence-electron chi connectivity index (χ1n) is 5.00. The Morgan fingerprint density at radius 2 is 2.06 bits per heavy atom. The number of carbonyl (C=O) groups is 1. The number of rotatable bonds is 3. The molecule has 0 N–H and O–H groups in total. The molecule has 0 radical (unpaired) electrons. The molecule has 4 nitrogen and oxygen atoms in total. The predicted molar refractivity (Wildman–Crippen MR) is 60.1 cm³/mol. The van der Waals surface area contributed by atoms with Gasteiger partial charge in [0, 0.05) is 13.6 Å². The van der Waals surface area contributed by atoms with E-state index in [-0.39, 0.29) is 0 Å². The summed E-state index contributed by atoms with van der Waals surface area (Å²) in [6, 6.07) is 9.20. The molecule has 1 amide bonds. The number of nitrogens with zero attached hydrogens (tertiary/aromatic N) is 2. The van der Waals surface area contributed by atoms with Crippen LogP contribution in [0.15, 0.2) is 24.3 Å². The molecular formula is C12H14N2O2. The van der Waals surface area contributed by atoms with E-state index < -0.39 is 6.09 Å². The maximum atomic E-state index is 11.5. The average Bonchev–Trinajstić information content (AvgIpc) is 2.29. The Bertz CT molecular complexity index is 392. The molecule has 16 heavy (non-hydrogen) atoms. The molecule has 0 aliphatic heterocycles. The average molecular weight is 218 g/mol. The van der Waals surface area contributed by atoms with Gasteiger partial charge in [0.25, 0.3) is 0 Å². The Balaban J connectivity index is 2.51. The number of aryl methyl sites for hydroxylation is 1. The topological polar surface area (TPSA) is 53.3 Å². The van der Waals surface area contributed by atoms with Crippen molar-refractivity contribution in [2.75, 3.05) is 13.6 Å². The second-order valence-electron chi connectivity index (χ2n) is 3.51. The maximum Gasteiger partial charge on any atom is 0.414 e. The lowest BCUT2D eigenvalue weighted by atomic mass is 10.2. The highest BCUT2D eigenvalue weighted by atomic mass is 16.6. The second-order valence-corrected chi connectivity index (χ2v) is 3.51. The van der Waals surface area contributed by atoms with Gasteiger partial charge in [-0.2, -0.15) is 5.26 Å². The highest BCUT2D eigenvalue weighted by Gasteiger charge is 2.10. The van der Waals surface area contributed by atoms with Gasteiger partial charge in [-0.25, -0.2) is 4.79 Å². The number of nitriles is 1. The number of benzene rings is 1. The van der Waals surface area contributed by atoms with Crippen LogP contribution in [-0.2, 0) is 0 Å². The fourth-order valence-corrected chi connectivity index (χ4v) is 1.09. The highest BCUT2D eigenvalue weighted by molar-refractivity contribution is 5.70. The Labute approximate surface area is 95.0 Å². The van der Waals surface area contributed by atoms with E-state index in [2.05, 4.69) is 0 Å². The number of hydrogen-bond acceptors (Lipinski definition) is 3. The van der Waals surface area contributed by atoms with Gasteiger partial charge >= 0.3 is 6.09 Å². The summed E-state index contributed by atoms with van der Waals surface area (Å²) in [6.45, 7) is 2.34. The summed E-state index contributed by atoms with van der Waals surface area (Å²) in [4.78, 5) is 12.9. The Kier molecular flexibility index (Phi) is 4.34. The molecule has 0 fully saturated rings. The van der Waals surface area contributed by atoms with Crippen LogP contribution in [0.4, 0.5) is 4.79 Å². The van der Waals surface area contributed by atoms with Crippen LogP contribution in [-0.4, -0.2) is 24.6 Å². The van der Waals surface area contributed by atoms with Gasteiger partial charge in [-0.1, -0.05) is 17.7 Å². The summed E-state index contributed by atoms with van der Waals surface area (Å²) in [5.41, 5.74) is 1.11. The molecule has 0 bridgehead atoms. The molecule has 0 aromatic heterocycles. The zero-order valence-corrected chi connectivity index (χ0v) is 9.43. The molecular weight excluding hydrogens is 204 g/mol. The number of hydrogen-bond donors (Lipinski definition) is 0. The first-order valence-corrected chi connectivity index (χ1v) is 5.00. The van der Waals surface area contributed by atoms with E-state index in [9.17, 15) is 4.79 Å². The smallest absolute Gasteiger partial charge is 0.410 e. The zero-order valence-electron chi connectivity index (χ0n) is 9.43. The summed E-state index contributed by atoms with van der Waals surface area (Å²) >= 11 is 0. The molecule has 0 heterocycles. The van der Waals surface area contributed by atoms with E-state index >= 15 is 0 Å². The van der Waals surface area contributed by atoms with E-state index in [0.717, 1.165) is 5.56 Å². The minimum Gasteiger partial charge on any atom is -0.410 e. The first-order chi connectivity index (χ1) is 7.63. The van der Waals surface area contributed by atoms with Gasteiger partial charge in [0.2, 0.25) is 0 Å². The molecule has 0 aliphatic carbocycles. The molecule has 84 valence electrons. The predicted octanol–water partition coefficient (Wildman–Crippen LogP) is 2.34. The third-order valence-electron chi connectivity index (χ3n) is 2.10. The fourth-order valence-electron chi connectivity index (χ4n) is 1.09. The Hall–Kier alpha value is -2.02. The van der Waals surface area contributed by atoms with Gasteiger partial charge in [-0.05, 0) is 19.1 Å². The van der Waals surface area contributed by atoms with Crippen molar-refractivity contribution < 1.29 is 9.53 Å². The lowest BCUT2D eigenvalue weighted by Crippen LogP contribution is -2.30. The van der Waals surface area contributed by atoms with Gasteiger partial charge in [-0.3, -0.25) is 0 Å². The van der Waals surface area contributed by atoms with Crippen LogP contribution in [0.25, 0.3) is 0 Å². The van der Waals surface area contributed by atoms with Crippen molar-refractivity contribution in [2.24, 2.45) is 0 Å². The van der Waals surface area contributed by atoms with Crippen molar-refractivity contribution >= 4 is 6.09 Å². The zero-order chi connectivity index (χ0) is 12.0. The number of carbonyl (C=O) groups excluding carboxylic acids is 1. The van der Waals surface area contributed by atoms with Gasteiger partial charge in [0.15, 0.2) is 0 Å². The van der Waals surface area contributed by atoms with Gasteiger partial charge in [0.05, 0.1) is 12.5 Å². The maximum absolute atomic E-state index is 11.5. The molecule has 0 saturated heterocycles. The summed E-state index contributed by atoms with van der Waals surface area (Å²) < 4.78 is 5.11. The summed E-state index contributed by atoms with van der Waals surface area (Å²) in [5, 5.41) is 8.39. The molecule has 1 aromatic rings. The van der Waals surface area contributed by atoms with Gasteiger partial charge in [0.1, 0.15) is 5.75 Å². The third-order valence-corrected chi connectivity index (χ3v) is 2.10. The van der Waals surface area contributed by atoms with Crippen molar-refractivity contribution in [3.05, 3.63) is 29.8 Å². The normalized spacial score (nSPS) is 9.31. The van der Waals surface area contributed by atoms with Crippen LogP contribution < -0.4 is 4.74 Å². The van der Waals surface area contributed by atoms with Crippen LogP contribution >= 0.6 is 0 Å². The van der Waals surface area contributed by atoms with Crippen molar-refractivity contribution in [3.63, 3.8) is 0 Å². The van der Waals surface area contributed by atoms with Crippen LogP contribution in [0.5, 0.6) is 5.75 Å². The third kappa shape index (κ3) is 3.62. The lowest BCUT2D eigenvalue weighted by molar-refractivity contribution is 0.164. The molecule has 0 spiro atoms. The minimum atomic E-state index is -0.445. The van der Waals surface area contributed by atoms with E-state index in [1.807, 2.05) is 25.1 Å². The SMILES string of the molecule is Cc1ccc(OC(=O)N(C)CCC#N)cc1.